The smallest absolute Gasteiger partial charge is 0.311 e. The van der Waals surface area contributed by atoms with E-state index < -0.39 is 17.8 Å². The summed E-state index contributed by atoms with van der Waals surface area (Å²) in [5.74, 6) is 0.218. The second kappa shape index (κ2) is 9.29. The predicted octanol–water partition coefficient (Wildman–Crippen LogP) is 2.85. The Morgan fingerprint density at radius 3 is 2.79 bits per heavy atom. The predicted molar refractivity (Wildman–Crippen MR) is 108 cm³/mol. The van der Waals surface area contributed by atoms with Crippen molar-refractivity contribution in [2.45, 2.75) is 45.6 Å². The summed E-state index contributed by atoms with van der Waals surface area (Å²) in [7, 11) is 1.55. The Bertz CT molecular complexity index is 765. The van der Waals surface area contributed by atoms with E-state index in [-0.39, 0.29) is 25.0 Å². The number of hydrogen-bond donors (Lipinski definition) is 1. The van der Waals surface area contributed by atoms with E-state index in [1.54, 1.807) is 31.4 Å². The number of anilines is 1. The van der Waals surface area contributed by atoms with Crippen molar-refractivity contribution in [3.8, 4) is 5.75 Å². The zero-order chi connectivity index (χ0) is 21.0. The number of rotatable bonds is 6. The highest BCUT2D eigenvalue weighted by molar-refractivity contribution is 5.93. The lowest BCUT2D eigenvalue weighted by atomic mass is 9.77. The van der Waals surface area contributed by atoms with Gasteiger partial charge in [-0.05, 0) is 30.4 Å². The van der Waals surface area contributed by atoms with Gasteiger partial charge in [0.1, 0.15) is 5.75 Å². The van der Waals surface area contributed by atoms with Crippen LogP contribution >= 0.6 is 0 Å². The maximum absolute atomic E-state index is 12.5. The molecule has 1 aromatic carbocycles. The minimum absolute atomic E-state index is 0.0127. The van der Waals surface area contributed by atoms with E-state index in [0.29, 0.717) is 29.8 Å². The summed E-state index contributed by atoms with van der Waals surface area (Å²) < 4.78 is 10.3. The van der Waals surface area contributed by atoms with Crippen LogP contribution in [0.25, 0.3) is 0 Å². The molecular weight excluding hydrogens is 372 g/mol. The summed E-state index contributed by atoms with van der Waals surface area (Å²) in [6.07, 6.45) is 3.45. The number of benzene rings is 1. The molecule has 4 atom stereocenters. The molecule has 1 heterocycles. The average Bonchev–Trinajstić information content (AvgIpc) is 3.10. The van der Waals surface area contributed by atoms with Gasteiger partial charge in [0.05, 0.1) is 13.0 Å². The number of nitrogens with zero attached hydrogens (tertiary/aromatic N) is 1. The lowest BCUT2D eigenvalue weighted by molar-refractivity contribution is -0.151. The molecule has 1 aliphatic carbocycles. The third-order valence-corrected chi connectivity index (χ3v) is 6.25. The van der Waals surface area contributed by atoms with Crippen molar-refractivity contribution >= 4 is 23.5 Å². The number of likely N-dealkylation sites (tertiary alicyclic amines) is 1. The molecule has 7 heteroatoms. The maximum Gasteiger partial charge on any atom is 0.311 e. The van der Waals surface area contributed by atoms with Crippen LogP contribution in [0.4, 0.5) is 5.69 Å². The van der Waals surface area contributed by atoms with E-state index in [1.165, 1.54) is 6.42 Å². The number of carbonyl (C=O) groups excluding carboxylic acids is 3. The Balaban J connectivity index is 1.49. The molecule has 2 fully saturated rings. The molecule has 29 heavy (non-hydrogen) atoms. The van der Waals surface area contributed by atoms with Crippen LogP contribution in [0.2, 0.25) is 0 Å². The van der Waals surface area contributed by atoms with Crippen LogP contribution in [0.5, 0.6) is 5.75 Å². The zero-order valence-corrected chi connectivity index (χ0v) is 17.3. The van der Waals surface area contributed by atoms with Gasteiger partial charge in [-0.2, -0.15) is 0 Å². The summed E-state index contributed by atoms with van der Waals surface area (Å²) in [5, 5.41) is 2.67. The van der Waals surface area contributed by atoms with Crippen molar-refractivity contribution in [2.24, 2.45) is 17.8 Å². The molecular formula is C22H30N2O5. The van der Waals surface area contributed by atoms with Crippen LogP contribution < -0.4 is 10.1 Å². The molecule has 0 bridgehead atoms. The molecule has 0 radical (unpaired) electrons. The van der Waals surface area contributed by atoms with Gasteiger partial charge in [-0.1, -0.05) is 32.8 Å². The van der Waals surface area contributed by atoms with Gasteiger partial charge in [-0.3, -0.25) is 14.4 Å². The summed E-state index contributed by atoms with van der Waals surface area (Å²) in [4.78, 5) is 38.9. The average molecular weight is 402 g/mol. The fourth-order valence-corrected chi connectivity index (χ4v) is 4.36. The molecule has 7 nitrogen and oxygen atoms in total. The van der Waals surface area contributed by atoms with E-state index in [4.69, 9.17) is 9.47 Å². The second-order valence-corrected chi connectivity index (χ2v) is 8.17. The minimum Gasteiger partial charge on any atom is -0.497 e. The summed E-state index contributed by atoms with van der Waals surface area (Å²) >= 11 is 0. The fourth-order valence-electron chi connectivity index (χ4n) is 4.36. The quantitative estimate of drug-likeness (QED) is 0.740. The molecule has 1 aromatic rings. The third kappa shape index (κ3) is 5.08. The number of ether oxygens (including phenoxy) is 2. The van der Waals surface area contributed by atoms with Crippen molar-refractivity contribution in [3.63, 3.8) is 0 Å². The monoisotopic (exact) mass is 402 g/mol. The van der Waals surface area contributed by atoms with E-state index in [2.05, 4.69) is 19.2 Å². The molecule has 1 aliphatic heterocycles. The SMILES string of the molecule is COc1cccc(NC(=O)COC(=O)[C@@H]2CC(=O)N([C@@H]3CCC[C@@H](C)[C@H]3C)C2)c1. The topological polar surface area (TPSA) is 84.9 Å². The molecule has 0 spiro atoms. The van der Waals surface area contributed by atoms with Crippen molar-refractivity contribution in [1.29, 1.82) is 0 Å². The third-order valence-electron chi connectivity index (χ3n) is 6.25. The molecule has 1 saturated heterocycles. The van der Waals surface area contributed by atoms with Crippen LogP contribution in [0.3, 0.4) is 0 Å². The molecule has 0 unspecified atom stereocenters. The number of nitrogens with one attached hydrogen (secondary N) is 1. The number of esters is 1. The normalized spacial score (nSPS) is 26.9. The number of amides is 2. The van der Waals surface area contributed by atoms with E-state index in [1.807, 2.05) is 4.90 Å². The summed E-state index contributed by atoms with van der Waals surface area (Å²) in [5.41, 5.74) is 0.563. The Kier molecular flexibility index (Phi) is 6.77. The highest BCUT2D eigenvalue weighted by Crippen LogP contribution is 2.35. The first-order chi connectivity index (χ1) is 13.9. The molecule has 1 N–H and O–H groups in total. The highest BCUT2D eigenvalue weighted by Gasteiger charge is 2.42. The molecule has 2 aliphatic rings. The van der Waals surface area contributed by atoms with Gasteiger partial charge in [0.15, 0.2) is 6.61 Å². The van der Waals surface area contributed by atoms with Gasteiger partial charge < -0.3 is 19.7 Å². The second-order valence-electron chi connectivity index (χ2n) is 8.17. The fraction of sp³-hybridized carbons (Fsp3) is 0.591. The number of hydrogen-bond acceptors (Lipinski definition) is 5. The van der Waals surface area contributed by atoms with Gasteiger partial charge in [0.2, 0.25) is 5.91 Å². The van der Waals surface area contributed by atoms with Crippen molar-refractivity contribution in [2.75, 3.05) is 25.6 Å². The lowest BCUT2D eigenvalue weighted by Crippen LogP contribution is -2.45. The van der Waals surface area contributed by atoms with Crippen LogP contribution in [0, 0.1) is 17.8 Å². The number of carbonyl (C=O) groups is 3. The molecule has 0 aromatic heterocycles. The maximum atomic E-state index is 12.5. The molecule has 158 valence electrons. The first-order valence-electron chi connectivity index (χ1n) is 10.3. The minimum atomic E-state index is -0.503. The summed E-state index contributed by atoms with van der Waals surface area (Å²) in [6.45, 7) is 4.43. The van der Waals surface area contributed by atoms with E-state index in [0.717, 1.165) is 12.8 Å². The first-order valence-corrected chi connectivity index (χ1v) is 10.3. The Hall–Kier alpha value is -2.57. The lowest BCUT2D eigenvalue weighted by Gasteiger charge is -2.39. The Labute approximate surface area is 171 Å². The van der Waals surface area contributed by atoms with E-state index >= 15 is 0 Å². The number of methoxy groups -OCH3 is 1. The van der Waals surface area contributed by atoms with Crippen molar-refractivity contribution < 1.29 is 23.9 Å². The Morgan fingerprint density at radius 2 is 2.03 bits per heavy atom. The largest absolute Gasteiger partial charge is 0.497 e. The van der Waals surface area contributed by atoms with Gasteiger partial charge in [0, 0.05) is 30.8 Å². The van der Waals surface area contributed by atoms with Crippen molar-refractivity contribution in [3.05, 3.63) is 24.3 Å². The van der Waals surface area contributed by atoms with Crippen LogP contribution in [0.15, 0.2) is 24.3 Å². The van der Waals surface area contributed by atoms with Crippen LogP contribution in [-0.2, 0) is 19.1 Å². The van der Waals surface area contributed by atoms with Gasteiger partial charge in [0.25, 0.3) is 5.91 Å². The molecule has 3 rings (SSSR count). The van der Waals surface area contributed by atoms with Gasteiger partial charge >= 0.3 is 5.97 Å². The van der Waals surface area contributed by atoms with Gasteiger partial charge in [-0.15, -0.1) is 0 Å². The standard InChI is InChI=1S/C22H30N2O5/c1-14-6-4-9-19(15(14)2)24-12-16(10-21(24)26)22(27)29-13-20(25)23-17-7-5-8-18(11-17)28-3/h5,7-8,11,14-16,19H,4,6,9-10,12-13H2,1-3H3,(H,23,25)/t14-,15-,16-,19-/m1/s1. The molecule has 2 amide bonds. The van der Waals surface area contributed by atoms with Crippen LogP contribution in [0.1, 0.15) is 39.5 Å². The summed E-state index contributed by atoms with van der Waals surface area (Å²) in [6, 6.07) is 7.13. The molecule has 1 saturated carbocycles. The zero-order valence-electron chi connectivity index (χ0n) is 17.3. The van der Waals surface area contributed by atoms with E-state index in [9.17, 15) is 14.4 Å². The van der Waals surface area contributed by atoms with Gasteiger partial charge in [-0.25, -0.2) is 0 Å². The highest BCUT2D eigenvalue weighted by atomic mass is 16.5. The Morgan fingerprint density at radius 1 is 1.24 bits per heavy atom. The van der Waals surface area contributed by atoms with Crippen molar-refractivity contribution in [1.82, 2.24) is 4.90 Å². The first kappa shape index (κ1) is 21.1. The van der Waals surface area contributed by atoms with Crippen LogP contribution in [-0.4, -0.2) is 49.0 Å².